The second kappa shape index (κ2) is 2.74. The minimum absolute atomic E-state index is 0.133. The molecule has 1 aromatic carbocycles. The summed E-state index contributed by atoms with van der Waals surface area (Å²) in [6.45, 7) is 6.07. The van der Waals surface area contributed by atoms with Gasteiger partial charge in [0.15, 0.2) is 11.3 Å². The second-order valence-corrected chi connectivity index (χ2v) is 4.39. The molecule has 3 nitrogen and oxygen atoms in total. The van der Waals surface area contributed by atoms with Gasteiger partial charge in [-0.25, -0.2) is 4.98 Å². The Labute approximate surface area is 82.4 Å². The van der Waals surface area contributed by atoms with Crippen molar-refractivity contribution >= 4 is 11.1 Å². The van der Waals surface area contributed by atoms with Crippen molar-refractivity contribution in [1.29, 1.82) is 0 Å². The van der Waals surface area contributed by atoms with Crippen LogP contribution in [0.3, 0.4) is 0 Å². The molecule has 1 N–H and O–H groups in total. The molecule has 0 aliphatic carbocycles. The van der Waals surface area contributed by atoms with Gasteiger partial charge in [0.2, 0.25) is 5.89 Å². The third kappa shape index (κ3) is 1.35. The molecule has 0 amide bonds. The number of nitrogens with zero attached hydrogens (tertiary/aromatic N) is 1. The lowest BCUT2D eigenvalue weighted by Gasteiger charge is -2.11. The van der Waals surface area contributed by atoms with E-state index in [0.29, 0.717) is 17.0 Å². The Morgan fingerprint density at radius 2 is 2.00 bits per heavy atom. The Kier molecular flexibility index (Phi) is 1.77. The minimum Gasteiger partial charge on any atom is -0.504 e. The van der Waals surface area contributed by atoms with Gasteiger partial charge >= 0.3 is 0 Å². The molecule has 0 aliphatic rings. The summed E-state index contributed by atoms with van der Waals surface area (Å²) in [5.41, 5.74) is 1.04. The number of aromatic hydroxyl groups is 1. The van der Waals surface area contributed by atoms with Gasteiger partial charge in [-0.05, 0) is 12.1 Å². The van der Waals surface area contributed by atoms with Crippen LogP contribution in [-0.4, -0.2) is 10.1 Å². The topological polar surface area (TPSA) is 46.3 Å². The lowest BCUT2D eigenvalue weighted by atomic mass is 9.97. The quantitative estimate of drug-likeness (QED) is 0.696. The van der Waals surface area contributed by atoms with Crippen LogP contribution in [0.5, 0.6) is 5.75 Å². The molecule has 74 valence electrons. The second-order valence-electron chi connectivity index (χ2n) is 4.39. The summed E-state index contributed by atoms with van der Waals surface area (Å²) >= 11 is 0. The highest BCUT2D eigenvalue weighted by atomic mass is 16.4. The normalized spacial score (nSPS) is 12.2. The fourth-order valence-electron chi connectivity index (χ4n) is 1.26. The van der Waals surface area contributed by atoms with Gasteiger partial charge in [-0.15, -0.1) is 0 Å². The number of hydrogen-bond acceptors (Lipinski definition) is 3. The van der Waals surface area contributed by atoms with E-state index in [4.69, 9.17) is 4.42 Å². The average molecular weight is 191 g/mol. The van der Waals surface area contributed by atoms with E-state index in [1.54, 1.807) is 12.1 Å². The molecule has 0 aliphatic heterocycles. The first kappa shape index (κ1) is 9.06. The maximum Gasteiger partial charge on any atom is 0.201 e. The van der Waals surface area contributed by atoms with Crippen molar-refractivity contribution in [3.05, 3.63) is 24.1 Å². The number of aromatic nitrogens is 1. The number of phenols is 1. The van der Waals surface area contributed by atoms with Crippen molar-refractivity contribution in [3.63, 3.8) is 0 Å². The van der Waals surface area contributed by atoms with E-state index < -0.39 is 0 Å². The fraction of sp³-hybridized carbons (Fsp3) is 0.364. The molecule has 2 aromatic rings. The number of oxazole rings is 1. The van der Waals surface area contributed by atoms with Gasteiger partial charge in [-0.3, -0.25) is 0 Å². The number of phenolic OH excluding ortho intramolecular Hbond substituents is 1. The van der Waals surface area contributed by atoms with Gasteiger partial charge in [-0.1, -0.05) is 26.8 Å². The van der Waals surface area contributed by atoms with Gasteiger partial charge in [0, 0.05) is 5.41 Å². The smallest absolute Gasteiger partial charge is 0.201 e. The summed E-state index contributed by atoms with van der Waals surface area (Å²) in [6.07, 6.45) is 0. The van der Waals surface area contributed by atoms with Gasteiger partial charge < -0.3 is 9.52 Å². The van der Waals surface area contributed by atoms with Crippen molar-refractivity contribution in [2.45, 2.75) is 26.2 Å². The zero-order valence-corrected chi connectivity index (χ0v) is 8.53. The predicted octanol–water partition coefficient (Wildman–Crippen LogP) is 2.83. The molecule has 14 heavy (non-hydrogen) atoms. The zero-order valence-electron chi connectivity index (χ0n) is 8.53. The van der Waals surface area contributed by atoms with Crippen LogP contribution in [-0.2, 0) is 5.41 Å². The predicted molar refractivity (Wildman–Crippen MR) is 54.4 cm³/mol. The van der Waals surface area contributed by atoms with Crippen LogP contribution in [0.1, 0.15) is 26.7 Å². The Morgan fingerprint density at radius 3 is 2.57 bits per heavy atom. The maximum absolute atomic E-state index is 9.52. The van der Waals surface area contributed by atoms with Gasteiger partial charge in [0.25, 0.3) is 0 Å². The SMILES string of the molecule is CC(C)(C)c1nc2cccc(O)c2o1. The highest BCUT2D eigenvalue weighted by Gasteiger charge is 2.21. The molecule has 0 spiro atoms. The van der Waals surface area contributed by atoms with Crippen molar-refractivity contribution in [3.8, 4) is 5.75 Å². The minimum atomic E-state index is -0.133. The van der Waals surface area contributed by atoms with E-state index in [9.17, 15) is 5.11 Å². The van der Waals surface area contributed by atoms with Crippen LogP contribution in [0.2, 0.25) is 0 Å². The molecule has 1 aromatic heterocycles. The lowest BCUT2D eigenvalue weighted by molar-refractivity contribution is 0.399. The molecule has 0 saturated heterocycles. The van der Waals surface area contributed by atoms with Crippen LogP contribution in [0.25, 0.3) is 11.1 Å². The first-order valence-electron chi connectivity index (χ1n) is 4.57. The summed E-state index contributed by atoms with van der Waals surface area (Å²) in [5.74, 6) is 0.791. The third-order valence-electron chi connectivity index (χ3n) is 2.04. The van der Waals surface area contributed by atoms with Crippen LogP contribution in [0, 0.1) is 0 Å². The third-order valence-corrected chi connectivity index (χ3v) is 2.04. The van der Waals surface area contributed by atoms with E-state index in [-0.39, 0.29) is 11.2 Å². The maximum atomic E-state index is 9.52. The number of para-hydroxylation sites is 1. The van der Waals surface area contributed by atoms with Gasteiger partial charge in [0.1, 0.15) is 5.52 Å². The monoisotopic (exact) mass is 191 g/mol. The van der Waals surface area contributed by atoms with Crippen LogP contribution in [0.15, 0.2) is 22.6 Å². The molecule has 0 bridgehead atoms. The average Bonchev–Trinajstić information content (AvgIpc) is 2.48. The summed E-state index contributed by atoms with van der Waals surface area (Å²) < 4.78 is 5.50. The fourth-order valence-corrected chi connectivity index (χ4v) is 1.26. The molecule has 0 radical (unpaired) electrons. The van der Waals surface area contributed by atoms with Crippen molar-refractivity contribution in [2.75, 3.05) is 0 Å². The number of benzene rings is 1. The van der Waals surface area contributed by atoms with Crippen LogP contribution in [0.4, 0.5) is 0 Å². The Bertz CT molecular complexity index is 466. The summed E-state index contributed by atoms with van der Waals surface area (Å²) in [5, 5.41) is 9.52. The standard InChI is InChI=1S/C11H13NO2/c1-11(2,3)10-12-7-5-4-6-8(13)9(7)14-10/h4-6,13H,1-3H3. The van der Waals surface area contributed by atoms with Crippen molar-refractivity contribution in [1.82, 2.24) is 4.98 Å². The van der Waals surface area contributed by atoms with Crippen molar-refractivity contribution in [2.24, 2.45) is 0 Å². The van der Waals surface area contributed by atoms with E-state index in [0.717, 1.165) is 0 Å². The number of hydrogen-bond donors (Lipinski definition) is 1. The largest absolute Gasteiger partial charge is 0.504 e. The summed E-state index contributed by atoms with van der Waals surface area (Å²) in [7, 11) is 0. The number of rotatable bonds is 0. The van der Waals surface area contributed by atoms with E-state index in [1.165, 1.54) is 0 Å². The van der Waals surface area contributed by atoms with E-state index >= 15 is 0 Å². The Morgan fingerprint density at radius 1 is 1.29 bits per heavy atom. The molecule has 0 saturated carbocycles. The molecule has 0 fully saturated rings. The van der Waals surface area contributed by atoms with E-state index in [1.807, 2.05) is 26.8 Å². The molecule has 3 heteroatoms. The van der Waals surface area contributed by atoms with Gasteiger partial charge in [0.05, 0.1) is 0 Å². The van der Waals surface area contributed by atoms with E-state index in [2.05, 4.69) is 4.98 Å². The molecular formula is C11H13NO2. The number of fused-ring (bicyclic) bond motifs is 1. The summed E-state index contributed by atoms with van der Waals surface area (Å²) in [6, 6.07) is 5.18. The first-order chi connectivity index (χ1) is 6.48. The first-order valence-corrected chi connectivity index (χ1v) is 4.57. The molecule has 0 atom stereocenters. The molecule has 2 rings (SSSR count). The highest BCUT2D eigenvalue weighted by molar-refractivity contribution is 5.78. The summed E-state index contributed by atoms with van der Waals surface area (Å²) in [4.78, 5) is 4.32. The van der Waals surface area contributed by atoms with Gasteiger partial charge in [-0.2, -0.15) is 0 Å². The van der Waals surface area contributed by atoms with Crippen LogP contribution < -0.4 is 0 Å². The molecule has 1 heterocycles. The van der Waals surface area contributed by atoms with Crippen molar-refractivity contribution < 1.29 is 9.52 Å². The zero-order chi connectivity index (χ0) is 10.3. The lowest BCUT2D eigenvalue weighted by Crippen LogP contribution is -2.10. The Hall–Kier alpha value is -1.51. The molecule has 0 unspecified atom stereocenters. The Balaban J connectivity index is 2.69. The molecular weight excluding hydrogens is 178 g/mol. The highest BCUT2D eigenvalue weighted by Crippen LogP contribution is 2.30. The van der Waals surface area contributed by atoms with Crippen LogP contribution >= 0.6 is 0 Å².